The first-order valence-corrected chi connectivity index (χ1v) is 11.2. The molecule has 0 spiro atoms. The molecule has 1 aromatic heterocycles. The van der Waals surface area contributed by atoms with Crippen LogP contribution in [0.25, 0.3) is 11.1 Å². The van der Waals surface area contributed by atoms with Gasteiger partial charge in [0.25, 0.3) is 0 Å². The van der Waals surface area contributed by atoms with Gasteiger partial charge in [-0.3, -0.25) is 4.79 Å². The summed E-state index contributed by atoms with van der Waals surface area (Å²) in [5.74, 6) is -0.147. The van der Waals surface area contributed by atoms with E-state index in [9.17, 15) is 9.59 Å². The molecule has 1 fully saturated rings. The molecule has 1 amide bonds. The molecule has 1 aliphatic heterocycles. The van der Waals surface area contributed by atoms with Crippen LogP contribution in [0.5, 0.6) is 0 Å². The number of carboxylic acids is 1. The van der Waals surface area contributed by atoms with Gasteiger partial charge in [-0.25, -0.2) is 9.78 Å². The summed E-state index contributed by atoms with van der Waals surface area (Å²) in [4.78, 5) is 29.4. The van der Waals surface area contributed by atoms with E-state index in [1.807, 2.05) is 23.1 Å². The zero-order chi connectivity index (χ0) is 20.2. The van der Waals surface area contributed by atoms with Crippen LogP contribution in [0.4, 0.5) is 0 Å². The van der Waals surface area contributed by atoms with E-state index in [4.69, 9.17) is 5.11 Å². The normalized spacial score (nSPS) is 16.3. The molecule has 0 radical (unpaired) electrons. The number of thiazole rings is 1. The number of thioether (sulfide) groups is 1. The zero-order valence-corrected chi connectivity index (χ0v) is 17.3. The third kappa shape index (κ3) is 4.52. The zero-order valence-electron chi connectivity index (χ0n) is 15.7. The van der Waals surface area contributed by atoms with Gasteiger partial charge >= 0.3 is 5.97 Å². The molecule has 1 aliphatic rings. The van der Waals surface area contributed by atoms with E-state index in [0.29, 0.717) is 18.7 Å². The standard InChI is InChI=1S/C22H20N2O3S2/c25-20-11-10-19(17-8-6-16(7-9-17)15-4-2-1-3-5-15)24(20)12-13-28-22-23-18(14-29-22)21(26)27/h1-9,14,19H,10-13H2,(H,26,27). The Labute approximate surface area is 177 Å². The quantitative estimate of drug-likeness (QED) is 0.543. The second-order valence-corrected chi connectivity index (χ2v) is 8.98. The maximum Gasteiger partial charge on any atom is 0.355 e. The molecule has 2 aromatic carbocycles. The lowest BCUT2D eigenvalue weighted by molar-refractivity contribution is -0.128. The van der Waals surface area contributed by atoms with Gasteiger partial charge in [0.2, 0.25) is 5.91 Å². The third-order valence-electron chi connectivity index (χ3n) is 4.99. The van der Waals surface area contributed by atoms with E-state index in [-0.39, 0.29) is 17.6 Å². The highest BCUT2D eigenvalue weighted by Crippen LogP contribution is 2.34. The number of hydrogen-bond donors (Lipinski definition) is 1. The number of likely N-dealkylation sites (tertiary alicyclic amines) is 1. The minimum atomic E-state index is -1.01. The van der Waals surface area contributed by atoms with E-state index in [0.717, 1.165) is 16.3 Å². The maximum absolute atomic E-state index is 12.4. The van der Waals surface area contributed by atoms with Crippen molar-refractivity contribution in [2.45, 2.75) is 23.2 Å². The number of hydrogen-bond acceptors (Lipinski definition) is 5. The minimum Gasteiger partial charge on any atom is -0.476 e. The number of rotatable bonds is 7. The van der Waals surface area contributed by atoms with Crippen LogP contribution in [0.2, 0.25) is 0 Å². The van der Waals surface area contributed by atoms with Crippen molar-refractivity contribution in [3.63, 3.8) is 0 Å². The average Bonchev–Trinajstić information content (AvgIpc) is 3.36. The molecule has 3 aromatic rings. The van der Waals surface area contributed by atoms with Crippen molar-refractivity contribution in [2.75, 3.05) is 12.3 Å². The van der Waals surface area contributed by atoms with Crippen LogP contribution in [0, 0.1) is 0 Å². The van der Waals surface area contributed by atoms with E-state index >= 15 is 0 Å². The van der Waals surface area contributed by atoms with Gasteiger partial charge in [-0.1, -0.05) is 66.4 Å². The molecule has 1 N–H and O–H groups in total. The Morgan fingerprint density at radius 3 is 2.55 bits per heavy atom. The van der Waals surface area contributed by atoms with E-state index in [1.165, 1.54) is 34.2 Å². The second kappa shape index (κ2) is 8.80. The fraction of sp³-hybridized carbons (Fsp3) is 0.227. The number of benzene rings is 2. The molecule has 4 rings (SSSR count). The lowest BCUT2D eigenvalue weighted by Gasteiger charge is -2.25. The molecule has 1 unspecified atom stereocenters. The van der Waals surface area contributed by atoms with Crippen LogP contribution in [-0.4, -0.2) is 39.2 Å². The largest absolute Gasteiger partial charge is 0.476 e. The van der Waals surface area contributed by atoms with Crippen LogP contribution in [0.1, 0.15) is 34.9 Å². The van der Waals surface area contributed by atoms with Crippen molar-refractivity contribution in [1.82, 2.24) is 9.88 Å². The average molecular weight is 425 g/mol. The van der Waals surface area contributed by atoms with Gasteiger partial charge in [0.05, 0.1) is 6.04 Å². The summed E-state index contributed by atoms with van der Waals surface area (Å²) in [6.07, 6.45) is 1.39. The fourth-order valence-corrected chi connectivity index (χ4v) is 5.35. The van der Waals surface area contributed by atoms with Gasteiger partial charge in [0, 0.05) is 24.1 Å². The van der Waals surface area contributed by atoms with Crippen LogP contribution >= 0.6 is 23.1 Å². The molecule has 148 valence electrons. The summed E-state index contributed by atoms with van der Waals surface area (Å²) in [7, 11) is 0. The SMILES string of the molecule is O=C(O)c1csc(SCCN2C(=O)CCC2c2ccc(-c3ccccc3)cc2)n1. The Morgan fingerprint density at radius 1 is 1.14 bits per heavy atom. The maximum atomic E-state index is 12.4. The van der Waals surface area contributed by atoms with Crippen molar-refractivity contribution < 1.29 is 14.7 Å². The van der Waals surface area contributed by atoms with Crippen molar-refractivity contribution in [2.24, 2.45) is 0 Å². The van der Waals surface area contributed by atoms with Crippen molar-refractivity contribution >= 4 is 35.0 Å². The summed E-state index contributed by atoms with van der Waals surface area (Å²) >= 11 is 2.82. The van der Waals surface area contributed by atoms with Crippen molar-refractivity contribution in [3.05, 3.63) is 71.2 Å². The number of amides is 1. The molecular formula is C22H20N2O3S2. The topological polar surface area (TPSA) is 70.5 Å². The Morgan fingerprint density at radius 2 is 1.86 bits per heavy atom. The number of aromatic carboxylic acids is 1. The van der Waals surface area contributed by atoms with Gasteiger partial charge in [0.15, 0.2) is 10.0 Å². The summed E-state index contributed by atoms with van der Waals surface area (Å²) in [6.45, 7) is 0.622. The third-order valence-corrected chi connectivity index (χ3v) is 6.99. The Balaban J connectivity index is 1.40. The number of nitrogens with zero attached hydrogens (tertiary/aromatic N) is 2. The molecule has 1 saturated heterocycles. The molecule has 29 heavy (non-hydrogen) atoms. The van der Waals surface area contributed by atoms with E-state index in [1.54, 1.807) is 5.38 Å². The Bertz CT molecular complexity index is 1000. The van der Waals surface area contributed by atoms with Gasteiger partial charge in [-0.05, 0) is 23.1 Å². The lowest BCUT2D eigenvalue weighted by atomic mass is 9.99. The predicted octanol–water partition coefficient (Wildman–Crippen LogP) is 4.96. The molecule has 7 heteroatoms. The highest BCUT2D eigenvalue weighted by Gasteiger charge is 2.31. The predicted molar refractivity (Wildman–Crippen MR) is 115 cm³/mol. The summed E-state index contributed by atoms with van der Waals surface area (Å²) in [5.41, 5.74) is 3.58. The molecule has 0 bridgehead atoms. The number of aromatic nitrogens is 1. The number of carboxylic acid groups (broad SMARTS) is 1. The van der Waals surface area contributed by atoms with Crippen LogP contribution in [0.15, 0.2) is 64.3 Å². The van der Waals surface area contributed by atoms with E-state index in [2.05, 4.69) is 41.4 Å². The molecule has 1 atom stereocenters. The van der Waals surface area contributed by atoms with Gasteiger partial charge < -0.3 is 10.0 Å². The first-order valence-electron chi connectivity index (χ1n) is 9.38. The molecule has 2 heterocycles. The summed E-state index contributed by atoms with van der Waals surface area (Å²) < 4.78 is 0.720. The Hall–Kier alpha value is -2.64. The highest BCUT2D eigenvalue weighted by atomic mass is 32.2. The molecule has 5 nitrogen and oxygen atoms in total. The Kier molecular flexibility index (Phi) is 5.97. The molecule has 0 aliphatic carbocycles. The van der Waals surface area contributed by atoms with E-state index < -0.39 is 5.97 Å². The smallest absolute Gasteiger partial charge is 0.355 e. The summed E-state index contributed by atoms with van der Waals surface area (Å²) in [6, 6.07) is 18.8. The van der Waals surface area contributed by atoms with Gasteiger partial charge in [-0.2, -0.15) is 0 Å². The van der Waals surface area contributed by atoms with Gasteiger partial charge in [-0.15, -0.1) is 11.3 Å². The molecular weight excluding hydrogens is 404 g/mol. The highest BCUT2D eigenvalue weighted by molar-refractivity contribution is 8.01. The van der Waals surface area contributed by atoms with Crippen LogP contribution in [-0.2, 0) is 4.79 Å². The minimum absolute atomic E-state index is 0.0751. The first kappa shape index (κ1) is 19.7. The lowest BCUT2D eigenvalue weighted by Crippen LogP contribution is -2.29. The van der Waals surface area contributed by atoms with Crippen molar-refractivity contribution in [3.8, 4) is 11.1 Å². The monoisotopic (exact) mass is 424 g/mol. The first-order chi connectivity index (χ1) is 14.1. The molecule has 0 saturated carbocycles. The van der Waals surface area contributed by atoms with Crippen LogP contribution < -0.4 is 0 Å². The van der Waals surface area contributed by atoms with Crippen molar-refractivity contribution in [1.29, 1.82) is 0 Å². The number of carbonyl (C=O) groups is 2. The fourth-order valence-electron chi connectivity index (χ4n) is 3.54. The second-order valence-electron chi connectivity index (χ2n) is 6.78. The van der Waals surface area contributed by atoms with Gasteiger partial charge in [0.1, 0.15) is 0 Å². The van der Waals surface area contributed by atoms with Crippen LogP contribution in [0.3, 0.4) is 0 Å². The number of carbonyl (C=O) groups excluding carboxylic acids is 1. The summed E-state index contributed by atoms with van der Waals surface area (Å²) in [5, 5.41) is 10.5.